The molecule has 0 aliphatic carbocycles. The van der Waals surface area contributed by atoms with E-state index in [1.54, 1.807) is 18.2 Å². The van der Waals surface area contributed by atoms with Crippen molar-refractivity contribution in [3.8, 4) is 11.8 Å². The summed E-state index contributed by atoms with van der Waals surface area (Å²) in [6, 6.07) is 23.1. The number of nitrogens with one attached hydrogen (secondary N) is 1. The second kappa shape index (κ2) is 9.94. The van der Waals surface area contributed by atoms with Crippen LogP contribution in [0.5, 0.6) is 5.75 Å². The second-order valence-corrected chi connectivity index (χ2v) is 8.33. The average molecular weight is 453 g/mol. The highest BCUT2D eigenvalue weighted by atomic mass is 35.5. The Kier molecular flexibility index (Phi) is 7.08. The monoisotopic (exact) mass is 452 g/mol. The van der Waals surface area contributed by atoms with Crippen molar-refractivity contribution >= 4 is 33.7 Å². The predicted molar refractivity (Wildman–Crippen MR) is 118 cm³/mol. The number of hydrogen-bond donors (Lipinski definition) is 1. The standard InChI is InChI=1S/C23H17ClN2O4S/c24-21-14-18(11-12-22(21)30-31(28,29)20-9-5-2-6-10-20)13-19(15-25)23(27)26-16-17-7-3-1-4-8-17/h1-14H,16H2,(H,26,27)/b19-13+. The summed E-state index contributed by atoms with van der Waals surface area (Å²) >= 11 is 6.17. The van der Waals surface area contributed by atoms with Gasteiger partial charge in [0.25, 0.3) is 5.91 Å². The molecule has 0 unspecified atom stereocenters. The quantitative estimate of drug-likeness (QED) is 0.327. The zero-order chi connectivity index (χ0) is 22.3. The number of carbonyl (C=O) groups excluding carboxylic acids is 1. The van der Waals surface area contributed by atoms with Crippen molar-refractivity contribution in [2.24, 2.45) is 0 Å². The first-order valence-electron chi connectivity index (χ1n) is 9.12. The summed E-state index contributed by atoms with van der Waals surface area (Å²) in [5.41, 5.74) is 1.23. The van der Waals surface area contributed by atoms with Crippen LogP contribution >= 0.6 is 11.6 Å². The van der Waals surface area contributed by atoms with Crippen LogP contribution in [0.2, 0.25) is 5.02 Å². The minimum Gasteiger partial charge on any atom is -0.377 e. The summed E-state index contributed by atoms with van der Waals surface area (Å²) in [7, 11) is -4.04. The van der Waals surface area contributed by atoms with Crippen LogP contribution in [0.3, 0.4) is 0 Å². The lowest BCUT2D eigenvalue weighted by molar-refractivity contribution is -0.117. The van der Waals surface area contributed by atoms with Crippen LogP contribution in [0.15, 0.2) is 89.3 Å². The van der Waals surface area contributed by atoms with E-state index in [2.05, 4.69) is 5.32 Å². The lowest BCUT2D eigenvalue weighted by Crippen LogP contribution is -2.23. The lowest BCUT2D eigenvalue weighted by atomic mass is 10.1. The van der Waals surface area contributed by atoms with E-state index in [1.165, 1.54) is 36.4 Å². The van der Waals surface area contributed by atoms with E-state index >= 15 is 0 Å². The molecule has 3 rings (SSSR count). The van der Waals surface area contributed by atoms with Crippen LogP contribution in [0.25, 0.3) is 6.08 Å². The third-order valence-electron chi connectivity index (χ3n) is 4.16. The summed E-state index contributed by atoms with van der Waals surface area (Å²) in [6.45, 7) is 0.281. The molecule has 8 heteroatoms. The van der Waals surface area contributed by atoms with Gasteiger partial charge in [-0.25, -0.2) is 0 Å². The number of hydrogen-bond acceptors (Lipinski definition) is 5. The van der Waals surface area contributed by atoms with Gasteiger partial charge in [0.1, 0.15) is 16.5 Å². The molecule has 3 aromatic rings. The number of halogens is 1. The summed E-state index contributed by atoms with van der Waals surface area (Å²) in [4.78, 5) is 12.3. The highest BCUT2D eigenvalue weighted by Crippen LogP contribution is 2.29. The van der Waals surface area contributed by atoms with Crippen LogP contribution in [0.4, 0.5) is 0 Å². The largest absolute Gasteiger partial charge is 0.377 e. The number of amides is 1. The highest BCUT2D eigenvalue weighted by molar-refractivity contribution is 7.87. The molecule has 0 aromatic heterocycles. The molecule has 1 amide bonds. The normalized spacial score (nSPS) is 11.4. The number of benzene rings is 3. The Balaban J connectivity index is 1.74. The predicted octanol–water partition coefficient (Wildman–Crippen LogP) is 4.33. The molecular formula is C23H17ClN2O4S. The Labute approximate surface area is 185 Å². The van der Waals surface area contributed by atoms with Gasteiger partial charge in [-0.05, 0) is 41.5 Å². The Morgan fingerprint density at radius 2 is 1.68 bits per heavy atom. The maximum atomic E-state index is 12.4. The van der Waals surface area contributed by atoms with Gasteiger partial charge in [-0.15, -0.1) is 0 Å². The van der Waals surface area contributed by atoms with Crippen LogP contribution < -0.4 is 9.50 Å². The summed E-state index contributed by atoms with van der Waals surface area (Å²) in [5.74, 6) is -0.593. The van der Waals surface area contributed by atoms with Crippen LogP contribution in [-0.2, 0) is 21.5 Å². The number of nitrogens with zero attached hydrogens (tertiary/aromatic N) is 1. The summed E-state index contributed by atoms with van der Waals surface area (Å²) < 4.78 is 29.8. The molecule has 156 valence electrons. The molecular weight excluding hydrogens is 436 g/mol. The van der Waals surface area contributed by atoms with Crippen LogP contribution in [-0.4, -0.2) is 14.3 Å². The minimum atomic E-state index is -4.04. The topological polar surface area (TPSA) is 96.3 Å². The average Bonchev–Trinajstić information content (AvgIpc) is 2.79. The molecule has 0 atom stereocenters. The molecule has 0 aliphatic rings. The van der Waals surface area contributed by atoms with E-state index in [0.29, 0.717) is 5.56 Å². The van der Waals surface area contributed by atoms with Gasteiger partial charge in [-0.3, -0.25) is 4.79 Å². The van der Waals surface area contributed by atoms with E-state index in [0.717, 1.165) is 5.56 Å². The number of carbonyl (C=O) groups is 1. The molecule has 0 spiro atoms. The zero-order valence-corrected chi connectivity index (χ0v) is 17.7. The molecule has 0 saturated heterocycles. The summed E-state index contributed by atoms with van der Waals surface area (Å²) in [5, 5.41) is 12.0. The molecule has 0 aliphatic heterocycles. The van der Waals surface area contributed by atoms with Gasteiger partial charge in [-0.2, -0.15) is 13.7 Å². The number of nitriles is 1. The van der Waals surface area contributed by atoms with Crippen molar-refractivity contribution in [3.63, 3.8) is 0 Å². The molecule has 0 heterocycles. The first-order chi connectivity index (χ1) is 14.9. The molecule has 0 fully saturated rings. The molecule has 31 heavy (non-hydrogen) atoms. The fourth-order valence-corrected chi connectivity index (χ4v) is 3.86. The third kappa shape index (κ3) is 5.95. The maximum Gasteiger partial charge on any atom is 0.339 e. The highest BCUT2D eigenvalue weighted by Gasteiger charge is 2.18. The molecule has 0 saturated carbocycles. The smallest absolute Gasteiger partial charge is 0.339 e. The maximum absolute atomic E-state index is 12.4. The van der Waals surface area contributed by atoms with Gasteiger partial charge in [0.15, 0.2) is 5.75 Å². The Morgan fingerprint density at radius 1 is 1.03 bits per heavy atom. The van der Waals surface area contributed by atoms with Crippen molar-refractivity contribution in [2.45, 2.75) is 11.4 Å². The van der Waals surface area contributed by atoms with Gasteiger partial charge in [-0.1, -0.05) is 66.2 Å². The SMILES string of the molecule is N#C/C(=C\c1ccc(OS(=O)(=O)c2ccccc2)c(Cl)c1)C(=O)NCc1ccccc1. The first kappa shape index (κ1) is 22.1. The van der Waals surface area contributed by atoms with E-state index < -0.39 is 16.0 Å². The molecule has 0 bridgehead atoms. The molecule has 3 aromatic carbocycles. The van der Waals surface area contributed by atoms with Gasteiger partial charge in [0.05, 0.1) is 5.02 Å². The van der Waals surface area contributed by atoms with E-state index in [1.807, 2.05) is 36.4 Å². The van der Waals surface area contributed by atoms with Gasteiger partial charge in [0, 0.05) is 6.54 Å². The van der Waals surface area contributed by atoms with E-state index in [4.69, 9.17) is 15.8 Å². The Bertz CT molecular complexity index is 1250. The first-order valence-corrected chi connectivity index (χ1v) is 10.9. The van der Waals surface area contributed by atoms with Crippen molar-refractivity contribution in [1.82, 2.24) is 5.32 Å². The Morgan fingerprint density at radius 3 is 2.29 bits per heavy atom. The summed E-state index contributed by atoms with van der Waals surface area (Å²) in [6.07, 6.45) is 1.36. The van der Waals surface area contributed by atoms with E-state index in [-0.39, 0.29) is 27.8 Å². The van der Waals surface area contributed by atoms with Crippen molar-refractivity contribution in [2.75, 3.05) is 0 Å². The third-order valence-corrected chi connectivity index (χ3v) is 5.70. The molecule has 6 nitrogen and oxygen atoms in total. The second-order valence-electron chi connectivity index (χ2n) is 6.38. The zero-order valence-electron chi connectivity index (χ0n) is 16.2. The van der Waals surface area contributed by atoms with Crippen LogP contribution in [0, 0.1) is 11.3 Å². The van der Waals surface area contributed by atoms with Crippen LogP contribution in [0.1, 0.15) is 11.1 Å². The van der Waals surface area contributed by atoms with Gasteiger partial charge in [0.2, 0.25) is 0 Å². The Hall–Kier alpha value is -3.60. The van der Waals surface area contributed by atoms with Crippen molar-refractivity contribution < 1.29 is 17.4 Å². The van der Waals surface area contributed by atoms with Gasteiger partial charge >= 0.3 is 10.1 Å². The van der Waals surface area contributed by atoms with Crippen molar-refractivity contribution in [3.05, 3.63) is 101 Å². The minimum absolute atomic E-state index is 0.00288. The fourth-order valence-electron chi connectivity index (χ4n) is 2.62. The molecule has 0 radical (unpaired) electrons. The van der Waals surface area contributed by atoms with Gasteiger partial charge < -0.3 is 9.50 Å². The fraction of sp³-hybridized carbons (Fsp3) is 0.0435. The van der Waals surface area contributed by atoms with E-state index in [9.17, 15) is 18.5 Å². The lowest BCUT2D eigenvalue weighted by Gasteiger charge is -2.09. The van der Waals surface area contributed by atoms with Crippen molar-refractivity contribution in [1.29, 1.82) is 5.26 Å². The molecule has 1 N–H and O–H groups in total. The number of rotatable bonds is 7.